The number of rotatable bonds is 5. The van der Waals surface area contributed by atoms with Crippen LogP contribution in [0.3, 0.4) is 0 Å². The molecule has 1 amide bonds. The number of nitrogens with zero attached hydrogens (tertiary/aromatic N) is 6. The van der Waals surface area contributed by atoms with Crippen molar-refractivity contribution in [3.63, 3.8) is 0 Å². The number of ether oxygens (including phenoxy) is 3. The fourth-order valence-corrected chi connectivity index (χ4v) is 7.17. The number of piperidine rings is 1. The summed E-state index contributed by atoms with van der Waals surface area (Å²) in [6.45, 7) is 9.89. The number of amides is 1. The largest absolute Gasteiger partial charge is 0.465 e. The predicted octanol–water partition coefficient (Wildman–Crippen LogP) is 6.71. The molecule has 2 aromatic carbocycles. The first-order valence-electron chi connectivity index (χ1n) is 16.6. The van der Waals surface area contributed by atoms with Crippen LogP contribution in [-0.4, -0.2) is 85.4 Å². The second-order valence-corrected chi connectivity index (χ2v) is 14.3. The molecule has 51 heavy (non-hydrogen) atoms. The van der Waals surface area contributed by atoms with Crippen LogP contribution in [0.2, 0.25) is 0 Å². The maximum absolute atomic E-state index is 14.8. The lowest BCUT2D eigenvalue weighted by molar-refractivity contribution is -0.0766. The van der Waals surface area contributed by atoms with Gasteiger partial charge in [0.05, 0.1) is 53.5 Å². The van der Waals surface area contributed by atoms with Gasteiger partial charge in [-0.15, -0.1) is 0 Å². The SMILES string of the molecule is COC(=O)c1cccc2[nH]c(-c3c(-c4cnn(C)c4)ncc(-c4cc(F)cc(F)c4)c3N3CC[C@@H]4[C@H](C3)OC(C)(C)N4C(=O)OC(C)(C)C)nc12. The Morgan fingerprint density at radius 1 is 1.08 bits per heavy atom. The van der Waals surface area contributed by atoms with Crippen molar-refractivity contribution in [1.82, 2.24) is 29.6 Å². The number of esters is 1. The number of aromatic amines is 1. The number of anilines is 1. The molecule has 5 aromatic rings. The number of hydrogen-bond donors (Lipinski definition) is 1. The molecule has 2 aliphatic rings. The summed E-state index contributed by atoms with van der Waals surface area (Å²) in [5.74, 6) is -1.67. The van der Waals surface area contributed by atoms with Crippen molar-refractivity contribution in [2.45, 2.75) is 64.5 Å². The third-order valence-corrected chi connectivity index (χ3v) is 9.14. The number of aromatic nitrogens is 5. The fourth-order valence-electron chi connectivity index (χ4n) is 7.17. The van der Waals surface area contributed by atoms with E-state index in [0.717, 1.165) is 6.07 Å². The van der Waals surface area contributed by atoms with E-state index < -0.39 is 41.1 Å². The summed E-state index contributed by atoms with van der Waals surface area (Å²) in [4.78, 5) is 43.2. The molecule has 0 spiro atoms. The highest BCUT2D eigenvalue weighted by atomic mass is 19.1. The molecule has 0 radical (unpaired) electrons. The number of para-hydroxylation sites is 1. The molecule has 2 aliphatic heterocycles. The topological polar surface area (TPSA) is 128 Å². The molecule has 0 saturated carbocycles. The normalized spacial score (nSPS) is 18.6. The lowest BCUT2D eigenvalue weighted by Gasteiger charge is -2.40. The molecule has 0 aliphatic carbocycles. The number of pyridine rings is 1. The number of imidazole rings is 1. The summed E-state index contributed by atoms with van der Waals surface area (Å²) in [6, 6.07) is 8.20. The van der Waals surface area contributed by atoms with E-state index in [9.17, 15) is 18.4 Å². The molecule has 3 aromatic heterocycles. The molecule has 266 valence electrons. The van der Waals surface area contributed by atoms with Gasteiger partial charge in [-0.25, -0.2) is 23.4 Å². The molecule has 2 fully saturated rings. The van der Waals surface area contributed by atoms with Crippen molar-refractivity contribution in [2.75, 3.05) is 25.1 Å². The zero-order chi connectivity index (χ0) is 36.4. The zero-order valence-electron chi connectivity index (χ0n) is 29.5. The van der Waals surface area contributed by atoms with E-state index in [1.807, 2.05) is 40.8 Å². The smallest absolute Gasteiger partial charge is 0.412 e. The van der Waals surface area contributed by atoms with E-state index in [1.165, 1.54) is 19.2 Å². The van der Waals surface area contributed by atoms with Crippen molar-refractivity contribution in [3.8, 4) is 33.8 Å². The Morgan fingerprint density at radius 2 is 1.82 bits per heavy atom. The van der Waals surface area contributed by atoms with Crippen molar-refractivity contribution in [2.24, 2.45) is 7.05 Å². The maximum atomic E-state index is 14.8. The molecule has 2 saturated heterocycles. The number of benzene rings is 2. The number of aryl methyl sites for hydroxylation is 1. The highest BCUT2D eigenvalue weighted by Gasteiger charge is 2.53. The van der Waals surface area contributed by atoms with E-state index in [-0.39, 0.29) is 17.2 Å². The number of methoxy groups -OCH3 is 1. The van der Waals surface area contributed by atoms with Gasteiger partial charge in [-0.05, 0) is 70.9 Å². The average molecular weight is 700 g/mol. The Balaban J connectivity index is 1.44. The van der Waals surface area contributed by atoms with Gasteiger partial charge in [0.25, 0.3) is 0 Å². The number of halogens is 2. The minimum absolute atomic E-state index is 0.267. The lowest BCUT2D eigenvalue weighted by atomic mass is 9.94. The third kappa shape index (κ3) is 6.28. The fraction of sp³-hybridized carbons (Fsp3) is 0.378. The number of fused-ring (bicyclic) bond motifs is 2. The van der Waals surface area contributed by atoms with Gasteiger partial charge in [-0.2, -0.15) is 5.10 Å². The minimum Gasteiger partial charge on any atom is -0.465 e. The molecule has 0 unspecified atom stereocenters. The van der Waals surface area contributed by atoms with Gasteiger partial charge in [-0.1, -0.05) is 6.07 Å². The quantitative estimate of drug-likeness (QED) is 0.199. The molecule has 14 heteroatoms. The molecule has 12 nitrogen and oxygen atoms in total. The van der Waals surface area contributed by atoms with Crippen molar-refractivity contribution >= 4 is 28.8 Å². The van der Waals surface area contributed by atoms with Crippen molar-refractivity contribution in [3.05, 3.63) is 72.2 Å². The van der Waals surface area contributed by atoms with Crippen LogP contribution in [0.1, 0.15) is 51.4 Å². The van der Waals surface area contributed by atoms with Gasteiger partial charge in [0, 0.05) is 49.7 Å². The van der Waals surface area contributed by atoms with E-state index in [0.29, 0.717) is 64.4 Å². The average Bonchev–Trinajstić information content (AvgIpc) is 3.75. The number of carbonyl (C=O) groups excluding carboxylic acids is 2. The minimum atomic E-state index is -0.965. The Bertz CT molecular complexity index is 2150. The number of H-pyrrole nitrogens is 1. The highest BCUT2D eigenvalue weighted by Crippen LogP contribution is 2.47. The number of carbonyl (C=O) groups is 2. The molecule has 5 heterocycles. The van der Waals surface area contributed by atoms with Crippen LogP contribution in [0.5, 0.6) is 0 Å². The van der Waals surface area contributed by atoms with Gasteiger partial charge < -0.3 is 24.1 Å². The van der Waals surface area contributed by atoms with Crippen LogP contribution in [0, 0.1) is 11.6 Å². The Kier molecular flexibility index (Phi) is 8.32. The van der Waals surface area contributed by atoms with Crippen LogP contribution in [0.4, 0.5) is 19.3 Å². The van der Waals surface area contributed by atoms with E-state index in [4.69, 9.17) is 24.2 Å². The van der Waals surface area contributed by atoms with Crippen LogP contribution in [-0.2, 0) is 21.3 Å². The van der Waals surface area contributed by atoms with Crippen molar-refractivity contribution < 1.29 is 32.6 Å². The Hall–Kier alpha value is -5.37. The zero-order valence-corrected chi connectivity index (χ0v) is 29.5. The summed E-state index contributed by atoms with van der Waals surface area (Å²) >= 11 is 0. The predicted molar refractivity (Wildman–Crippen MR) is 186 cm³/mol. The van der Waals surface area contributed by atoms with Crippen molar-refractivity contribution in [1.29, 1.82) is 0 Å². The monoisotopic (exact) mass is 699 g/mol. The van der Waals surface area contributed by atoms with Crippen LogP contribution >= 0.6 is 0 Å². The first-order valence-corrected chi connectivity index (χ1v) is 16.6. The van der Waals surface area contributed by atoms with Gasteiger partial charge in [0.2, 0.25) is 0 Å². The lowest BCUT2D eigenvalue weighted by Crippen LogP contribution is -2.54. The molecule has 7 rings (SSSR count). The molecule has 2 atom stereocenters. The maximum Gasteiger partial charge on any atom is 0.412 e. The van der Waals surface area contributed by atoms with Gasteiger partial charge in [-0.3, -0.25) is 14.6 Å². The summed E-state index contributed by atoms with van der Waals surface area (Å²) in [5, 5.41) is 4.38. The Labute approximate surface area is 293 Å². The Morgan fingerprint density at radius 3 is 2.49 bits per heavy atom. The summed E-state index contributed by atoms with van der Waals surface area (Å²) in [5.41, 5.74) is 2.57. The summed E-state index contributed by atoms with van der Waals surface area (Å²) < 4.78 is 48.7. The van der Waals surface area contributed by atoms with Crippen LogP contribution in [0.15, 0.2) is 55.0 Å². The first-order chi connectivity index (χ1) is 24.1. The van der Waals surface area contributed by atoms with E-state index in [1.54, 1.807) is 47.2 Å². The van der Waals surface area contributed by atoms with Crippen LogP contribution in [0.25, 0.3) is 44.8 Å². The summed E-state index contributed by atoms with van der Waals surface area (Å²) in [7, 11) is 3.09. The van der Waals surface area contributed by atoms with Crippen LogP contribution < -0.4 is 4.90 Å². The molecular formula is C37H39F2N7O5. The first kappa shape index (κ1) is 34.1. The van der Waals surface area contributed by atoms with Gasteiger partial charge >= 0.3 is 12.1 Å². The second-order valence-electron chi connectivity index (χ2n) is 14.3. The highest BCUT2D eigenvalue weighted by molar-refractivity contribution is 6.04. The number of hydrogen-bond acceptors (Lipinski definition) is 9. The van der Waals surface area contributed by atoms with E-state index >= 15 is 0 Å². The molecular weight excluding hydrogens is 660 g/mol. The third-order valence-electron chi connectivity index (χ3n) is 9.14. The van der Waals surface area contributed by atoms with Gasteiger partial charge in [0.1, 0.15) is 34.3 Å². The second kappa shape index (κ2) is 12.4. The molecule has 1 N–H and O–H groups in total. The number of nitrogens with one attached hydrogen (secondary N) is 1. The van der Waals surface area contributed by atoms with Gasteiger partial charge in [0.15, 0.2) is 0 Å². The van der Waals surface area contributed by atoms with E-state index in [2.05, 4.69) is 15.0 Å². The molecule has 0 bridgehead atoms. The standard InChI is InChI=1S/C37H39F2N7O5/c1-36(2,3)51-35(48)46-27-11-12-45(19-28(27)50-37(46,4)5)32-25(20-13-22(38)15-23(39)14-20)17-40-30(21-16-41-44(6)18-21)29(32)33-42-26-10-8-9-24(31(26)43-33)34(47)49-7/h8-10,13-18,27-28H,11-12,19H2,1-7H3,(H,42,43)/t27-,28+/m1/s1. The summed E-state index contributed by atoms with van der Waals surface area (Å²) in [6.07, 6.45) is 4.68.